The van der Waals surface area contributed by atoms with Crippen molar-refractivity contribution in [2.24, 2.45) is 0 Å². The van der Waals surface area contributed by atoms with Crippen molar-refractivity contribution in [2.75, 3.05) is 0 Å². The molecule has 0 saturated carbocycles. The molecule has 0 unspecified atom stereocenters. The summed E-state index contributed by atoms with van der Waals surface area (Å²) in [5, 5.41) is 0. The quantitative estimate of drug-likeness (QED) is 0.204. The van der Waals surface area contributed by atoms with E-state index in [0.717, 1.165) is 0 Å². The summed E-state index contributed by atoms with van der Waals surface area (Å²) in [6.07, 6.45) is 0. The second-order valence-electron chi connectivity index (χ2n) is 0. The van der Waals surface area contributed by atoms with E-state index < -0.39 is 0 Å². The summed E-state index contributed by atoms with van der Waals surface area (Å²) >= 11 is 0. The molecule has 0 fully saturated rings. The Balaban J connectivity index is 0. The van der Waals surface area contributed by atoms with E-state index in [1.165, 1.54) is 0 Å². The fourth-order valence-corrected chi connectivity index (χ4v) is 0. The Kier molecular flexibility index (Phi) is 35100. The summed E-state index contributed by atoms with van der Waals surface area (Å²) in [6, 6.07) is 0. The van der Waals surface area contributed by atoms with Crippen molar-refractivity contribution in [3.8, 4) is 0 Å². The van der Waals surface area contributed by atoms with Crippen LogP contribution in [-0.2, 0) is 155 Å². The maximum Gasteiger partial charge on any atom is 1.00 e. The molecular formula is Li2O13W4-24. The average molecular weight is 957 g/mol. The molecule has 0 N–H and O–H groups in total. The van der Waals surface area contributed by atoms with Gasteiger partial charge in [-0.05, 0) is 0 Å². The van der Waals surface area contributed by atoms with Gasteiger partial charge in [0.2, 0.25) is 0 Å². The molecule has 0 aliphatic heterocycles. The van der Waals surface area contributed by atoms with Crippen molar-refractivity contribution in [2.45, 2.75) is 0 Å². The second kappa shape index (κ2) is 761. The normalized spacial score (nSPS) is 0. The van der Waals surface area contributed by atoms with Crippen molar-refractivity contribution in [1.82, 2.24) is 0 Å². The van der Waals surface area contributed by atoms with E-state index in [2.05, 4.69) is 0 Å². The minimum Gasteiger partial charge on any atom is -2.00 e. The van der Waals surface area contributed by atoms with Gasteiger partial charge < -0.3 is 71.2 Å². The van der Waals surface area contributed by atoms with E-state index in [4.69, 9.17) is 0 Å². The van der Waals surface area contributed by atoms with Crippen LogP contribution in [0.25, 0.3) is 0 Å². The van der Waals surface area contributed by atoms with Crippen LogP contribution in [0.5, 0.6) is 0 Å². The van der Waals surface area contributed by atoms with E-state index >= 15 is 0 Å². The van der Waals surface area contributed by atoms with Crippen molar-refractivity contribution < 1.29 is 193 Å². The Bertz CT molecular complexity index is 22.6. The summed E-state index contributed by atoms with van der Waals surface area (Å²) in [4.78, 5) is 0. The van der Waals surface area contributed by atoms with Gasteiger partial charge >= 0.3 is 37.7 Å². The molecule has 0 aliphatic rings. The van der Waals surface area contributed by atoms with Gasteiger partial charge in [-0.25, -0.2) is 0 Å². The zero-order chi connectivity index (χ0) is 0. The topological polar surface area (TPSA) is 370 Å². The SMILES string of the molecule is [Li+].[Li+].[O-2].[O-2].[O-2].[O-2].[O-2].[O-2].[O-2].[O-2].[O-2].[O-2].[O-2].[O-2].[O-2].[W].[W].[W].[W]. The molecule has 19 heavy (non-hydrogen) atoms. The third kappa shape index (κ3) is 688. The maximum atomic E-state index is 0. The van der Waals surface area contributed by atoms with Crippen molar-refractivity contribution in [3.05, 3.63) is 0 Å². The van der Waals surface area contributed by atoms with Crippen LogP contribution in [0.15, 0.2) is 0 Å². The molecule has 13 nitrogen and oxygen atoms in total. The van der Waals surface area contributed by atoms with E-state index in [1.54, 1.807) is 0 Å². The molecule has 0 aromatic rings. The van der Waals surface area contributed by atoms with Gasteiger partial charge in [0.15, 0.2) is 0 Å². The average Bonchev–Trinajstić information content (AvgIpc) is 0. The van der Waals surface area contributed by atoms with Crippen molar-refractivity contribution >= 4 is 0 Å². The molecule has 0 bridgehead atoms. The summed E-state index contributed by atoms with van der Waals surface area (Å²) in [7, 11) is 0. The molecule has 19 heteroatoms. The van der Waals surface area contributed by atoms with Gasteiger partial charge in [-0.15, -0.1) is 0 Å². The Morgan fingerprint density at radius 1 is 0.158 bits per heavy atom. The van der Waals surface area contributed by atoms with Gasteiger partial charge in [0.25, 0.3) is 0 Å². The Morgan fingerprint density at radius 2 is 0.158 bits per heavy atom. The molecule has 0 spiro atoms. The first-order chi connectivity index (χ1) is 0. The minimum atomic E-state index is 0. The van der Waals surface area contributed by atoms with E-state index in [0.29, 0.717) is 0 Å². The fourth-order valence-electron chi connectivity index (χ4n) is 0. The second-order valence-corrected chi connectivity index (χ2v) is 0. The predicted molar refractivity (Wildman–Crippen MR) is 8.92 cm³/mol. The molecule has 0 aromatic carbocycles. The van der Waals surface area contributed by atoms with Crippen molar-refractivity contribution in [1.29, 1.82) is 0 Å². The molecule has 0 radical (unpaired) electrons. The number of rotatable bonds is 0. The third-order valence-electron chi connectivity index (χ3n) is 0. The van der Waals surface area contributed by atoms with Gasteiger partial charge in [0.05, 0.1) is 0 Å². The minimum absolute atomic E-state index is 0. The van der Waals surface area contributed by atoms with Crippen LogP contribution in [0.1, 0.15) is 0 Å². The zero-order valence-corrected chi connectivity index (χ0v) is 20.7. The van der Waals surface area contributed by atoms with E-state index in [1.807, 2.05) is 0 Å². The Labute approximate surface area is 191 Å². The van der Waals surface area contributed by atoms with Crippen LogP contribution in [0.2, 0.25) is 0 Å². The Morgan fingerprint density at radius 3 is 0.158 bits per heavy atom. The monoisotopic (exact) mass is 958 g/mol. The third-order valence-corrected chi connectivity index (χ3v) is 0. The maximum absolute atomic E-state index is 0. The predicted octanol–water partition coefficient (Wildman–Crippen LogP) is -7.55. The summed E-state index contributed by atoms with van der Waals surface area (Å²) in [6.45, 7) is 0. The molecule has 0 atom stereocenters. The molecule has 0 rings (SSSR count). The first-order valence-corrected chi connectivity index (χ1v) is 0. The Hall–Kier alpha value is 3.43. The first kappa shape index (κ1) is 876. The number of hydrogen-bond donors (Lipinski definition) is 0. The summed E-state index contributed by atoms with van der Waals surface area (Å²) < 4.78 is 0. The van der Waals surface area contributed by atoms with Gasteiger partial charge in [-0.2, -0.15) is 0 Å². The zero-order valence-electron chi connectivity index (χ0n) is 8.94. The molecule has 0 amide bonds. The number of hydrogen-bond acceptors (Lipinski definition) is 0. The first-order valence-electron chi connectivity index (χ1n) is 0. The van der Waals surface area contributed by atoms with Gasteiger partial charge in [0, 0.05) is 84.3 Å². The summed E-state index contributed by atoms with van der Waals surface area (Å²) in [5.41, 5.74) is 0. The summed E-state index contributed by atoms with van der Waals surface area (Å²) in [5.74, 6) is 0. The van der Waals surface area contributed by atoms with E-state index in [-0.39, 0.29) is 193 Å². The van der Waals surface area contributed by atoms with Crippen LogP contribution in [0.4, 0.5) is 0 Å². The molecular weight excluding hydrogens is 957 g/mol. The van der Waals surface area contributed by atoms with Gasteiger partial charge in [-0.1, -0.05) is 0 Å². The van der Waals surface area contributed by atoms with E-state index in [9.17, 15) is 0 Å². The largest absolute Gasteiger partial charge is 2.00 e. The fraction of sp³-hybridized carbons (Fsp3) is 0. The van der Waals surface area contributed by atoms with Gasteiger partial charge in [-0.3, -0.25) is 0 Å². The smallest absolute Gasteiger partial charge is 1.00 e. The van der Waals surface area contributed by atoms with Gasteiger partial charge in [0.1, 0.15) is 0 Å². The van der Waals surface area contributed by atoms with Crippen molar-refractivity contribution in [3.63, 3.8) is 0 Å². The molecule has 0 saturated heterocycles. The molecule has 0 aromatic heterocycles. The standard InChI is InChI=1S/2Li.13O.4W/q2*+1;13*-2;;;;. The molecule has 128 valence electrons. The van der Waals surface area contributed by atoms with Crippen LogP contribution in [0, 0.1) is 0 Å². The molecule has 0 aliphatic carbocycles. The van der Waals surface area contributed by atoms with Crippen LogP contribution < -0.4 is 37.7 Å². The van der Waals surface area contributed by atoms with Crippen LogP contribution >= 0.6 is 0 Å². The molecule has 0 heterocycles. The van der Waals surface area contributed by atoms with Crippen LogP contribution in [0.3, 0.4) is 0 Å². The van der Waals surface area contributed by atoms with Crippen LogP contribution in [-0.4, -0.2) is 0 Å².